The van der Waals surface area contributed by atoms with Crippen LogP contribution in [0.15, 0.2) is 72.9 Å². The van der Waals surface area contributed by atoms with Gasteiger partial charge in [0.2, 0.25) is 5.95 Å². The number of anilines is 1. The van der Waals surface area contributed by atoms with Crippen molar-refractivity contribution in [3.63, 3.8) is 0 Å². The van der Waals surface area contributed by atoms with Crippen LogP contribution in [0.2, 0.25) is 10.0 Å². The Morgan fingerprint density at radius 1 is 1.05 bits per heavy atom. The summed E-state index contributed by atoms with van der Waals surface area (Å²) in [6.45, 7) is 4.41. The zero-order valence-corrected chi connectivity index (χ0v) is 22.0. The zero-order chi connectivity index (χ0) is 26.6. The summed E-state index contributed by atoms with van der Waals surface area (Å²) < 4.78 is 5.89. The highest BCUT2D eigenvalue weighted by Gasteiger charge is 2.26. The van der Waals surface area contributed by atoms with Crippen molar-refractivity contribution in [3.8, 4) is 22.9 Å². The van der Waals surface area contributed by atoms with E-state index in [0.717, 1.165) is 21.9 Å². The lowest BCUT2D eigenvalue weighted by Gasteiger charge is -2.27. The molecule has 0 radical (unpaired) electrons. The van der Waals surface area contributed by atoms with Crippen molar-refractivity contribution in [2.45, 2.75) is 25.9 Å². The molecule has 188 valence electrons. The molecule has 0 fully saturated rings. The molecule has 1 aromatic heterocycles. The van der Waals surface area contributed by atoms with Crippen LogP contribution in [0.1, 0.15) is 36.2 Å². The van der Waals surface area contributed by atoms with E-state index in [1.54, 1.807) is 24.4 Å². The second-order valence-electron chi connectivity index (χ2n) is 8.95. The van der Waals surface area contributed by atoms with Crippen molar-refractivity contribution in [1.82, 2.24) is 15.1 Å². The lowest BCUT2D eigenvalue weighted by Crippen LogP contribution is -2.22. The van der Waals surface area contributed by atoms with Gasteiger partial charge in [-0.25, -0.2) is 9.97 Å². The van der Waals surface area contributed by atoms with Crippen LogP contribution in [-0.4, -0.2) is 27.4 Å². The van der Waals surface area contributed by atoms with Crippen LogP contribution in [0.3, 0.4) is 0 Å². The van der Waals surface area contributed by atoms with Gasteiger partial charge in [0.25, 0.3) is 0 Å². The second kappa shape index (κ2) is 11.2. The van der Waals surface area contributed by atoms with E-state index >= 15 is 0 Å². The van der Waals surface area contributed by atoms with Crippen molar-refractivity contribution < 1.29 is 9.94 Å². The predicted octanol–water partition coefficient (Wildman–Crippen LogP) is 6.87. The molecule has 0 aliphatic rings. The summed E-state index contributed by atoms with van der Waals surface area (Å²) >= 11 is 12.9. The molecule has 3 aromatic carbocycles. The third kappa shape index (κ3) is 6.19. The van der Waals surface area contributed by atoms with Crippen molar-refractivity contribution in [2.75, 3.05) is 12.5 Å². The molecule has 0 saturated heterocycles. The number of hydroxylamine groups is 1. The van der Waals surface area contributed by atoms with E-state index in [1.807, 2.05) is 48.5 Å². The fourth-order valence-electron chi connectivity index (χ4n) is 3.96. The summed E-state index contributed by atoms with van der Waals surface area (Å²) in [7, 11) is 1.43. The van der Waals surface area contributed by atoms with Crippen molar-refractivity contribution in [1.29, 1.82) is 5.26 Å². The third-order valence-electron chi connectivity index (χ3n) is 5.98. The number of hydrazine groups is 1. The molecule has 0 aliphatic heterocycles. The molecule has 0 aliphatic carbocycles. The molecule has 4 rings (SSSR count). The Morgan fingerprint density at radius 2 is 1.81 bits per heavy atom. The highest BCUT2D eigenvalue weighted by atomic mass is 35.5. The quantitative estimate of drug-likeness (QED) is 0.238. The Labute approximate surface area is 225 Å². The van der Waals surface area contributed by atoms with Gasteiger partial charge in [0.15, 0.2) is 0 Å². The molecule has 0 saturated carbocycles. The Morgan fingerprint density at radius 3 is 2.49 bits per heavy atom. The van der Waals surface area contributed by atoms with Crippen molar-refractivity contribution in [2.24, 2.45) is 0 Å². The van der Waals surface area contributed by atoms with Gasteiger partial charge < -0.3 is 4.74 Å². The standard InChI is InChI=1S/C28H25Cl2N5O2/c1-28(2,21-13-19(16-31)26(25(30)15-21)18-5-4-6-22(29)14-18)20-7-9-24(10-8-20)37-17-23-11-12-32-27(33-23)34-35(3)36/h4-15,36H,17H2,1-3H3,(H,32,33,34). The summed E-state index contributed by atoms with van der Waals surface area (Å²) in [6, 6.07) is 22.9. The molecule has 37 heavy (non-hydrogen) atoms. The van der Waals surface area contributed by atoms with Gasteiger partial charge in [-0.1, -0.05) is 61.3 Å². The minimum atomic E-state index is -0.426. The average molecular weight is 534 g/mol. The molecular formula is C28H25Cl2N5O2. The molecule has 1 heterocycles. The Kier molecular flexibility index (Phi) is 7.96. The number of hydrogen-bond donors (Lipinski definition) is 2. The number of aromatic nitrogens is 2. The van der Waals surface area contributed by atoms with E-state index in [-0.39, 0.29) is 12.6 Å². The molecular weight excluding hydrogens is 509 g/mol. The number of halogens is 2. The van der Waals surface area contributed by atoms with Gasteiger partial charge >= 0.3 is 0 Å². The monoisotopic (exact) mass is 533 g/mol. The normalized spacial score (nSPS) is 11.3. The summed E-state index contributed by atoms with van der Waals surface area (Å²) in [5.74, 6) is 0.943. The first-order valence-corrected chi connectivity index (χ1v) is 12.2. The molecule has 0 bridgehead atoms. The van der Waals surface area contributed by atoms with E-state index in [2.05, 4.69) is 35.3 Å². The molecule has 0 amide bonds. The summed E-state index contributed by atoms with van der Waals surface area (Å²) in [4.78, 5) is 8.32. The van der Waals surface area contributed by atoms with Gasteiger partial charge in [-0.2, -0.15) is 5.26 Å². The third-order valence-corrected chi connectivity index (χ3v) is 6.52. The number of nitriles is 1. The average Bonchev–Trinajstić information content (AvgIpc) is 2.87. The number of hydrogen-bond acceptors (Lipinski definition) is 7. The molecule has 0 atom stereocenters. The van der Waals surface area contributed by atoms with Crippen LogP contribution in [-0.2, 0) is 12.0 Å². The lowest BCUT2D eigenvalue weighted by molar-refractivity contribution is -0.0394. The zero-order valence-electron chi connectivity index (χ0n) is 20.5. The van der Waals surface area contributed by atoms with Crippen LogP contribution in [0.25, 0.3) is 11.1 Å². The predicted molar refractivity (Wildman–Crippen MR) is 145 cm³/mol. The maximum absolute atomic E-state index is 9.90. The SMILES string of the molecule is CN(O)Nc1nccc(COc2ccc(C(C)(C)c3cc(Cl)c(-c4cccc(Cl)c4)c(C#N)c3)cc2)n1. The van der Waals surface area contributed by atoms with E-state index in [1.165, 1.54) is 7.05 Å². The summed E-state index contributed by atoms with van der Waals surface area (Å²) in [5.41, 5.74) is 6.73. The maximum atomic E-state index is 9.90. The number of ether oxygens (including phenoxy) is 1. The number of nitrogens with zero attached hydrogens (tertiary/aromatic N) is 4. The molecule has 2 N–H and O–H groups in total. The van der Waals surface area contributed by atoms with Gasteiger partial charge in [0.05, 0.1) is 22.3 Å². The topological polar surface area (TPSA) is 94.3 Å². The minimum Gasteiger partial charge on any atom is -0.487 e. The fourth-order valence-corrected chi connectivity index (χ4v) is 4.48. The summed E-state index contributed by atoms with van der Waals surface area (Å²) in [5, 5.41) is 21.0. The van der Waals surface area contributed by atoms with Gasteiger partial charge in [0, 0.05) is 29.2 Å². The lowest BCUT2D eigenvalue weighted by atomic mass is 9.77. The minimum absolute atomic E-state index is 0.237. The molecule has 0 spiro atoms. The van der Waals surface area contributed by atoms with E-state index in [4.69, 9.17) is 27.9 Å². The first kappa shape index (κ1) is 26.4. The van der Waals surface area contributed by atoms with Gasteiger partial charge in [-0.3, -0.25) is 10.6 Å². The number of benzene rings is 3. The van der Waals surface area contributed by atoms with E-state index in [9.17, 15) is 10.5 Å². The Hall–Kier alpha value is -3.67. The smallest absolute Gasteiger partial charge is 0.239 e. The second-order valence-corrected chi connectivity index (χ2v) is 9.79. The highest BCUT2D eigenvalue weighted by Crippen LogP contribution is 2.39. The van der Waals surface area contributed by atoms with Gasteiger partial charge in [-0.05, 0) is 59.2 Å². The first-order chi connectivity index (χ1) is 17.7. The molecule has 7 nitrogen and oxygen atoms in total. The van der Waals surface area contributed by atoms with Crippen LogP contribution in [0.5, 0.6) is 5.75 Å². The molecule has 9 heteroatoms. The van der Waals surface area contributed by atoms with Crippen LogP contribution < -0.4 is 10.2 Å². The van der Waals surface area contributed by atoms with Gasteiger partial charge in [-0.15, -0.1) is 5.17 Å². The molecule has 0 unspecified atom stereocenters. The largest absolute Gasteiger partial charge is 0.487 e. The van der Waals surface area contributed by atoms with Crippen molar-refractivity contribution >= 4 is 29.2 Å². The number of nitrogens with one attached hydrogen (secondary N) is 1. The Balaban J connectivity index is 1.54. The van der Waals surface area contributed by atoms with Crippen LogP contribution in [0.4, 0.5) is 5.95 Å². The highest BCUT2D eigenvalue weighted by molar-refractivity contribution is 6.34. The fraction of sp³-hybridized carbons (Fsp3) is 0.179. The first-order valence-electron chi connectivity index (χ1n) is 11.4. The van der Waals surface area contributed by atoms with Crippen LogP contribution in [0, 0.1) is 11.3 Å². The summed E-state index contributed by atoms with van der Waals surface area (Å²) in [6.07, 6.45) is 1.58. The van der Waals surface area contributed by atoms with E-state index < -0.39 is 5.41 Å². The van der Waals surface area contributed by atoms with Crippen LogP contribution >= 0.6 is 23.2 Å². The van der Waals surface area contributed by atoms with Crippen molar-refractivity contribution in [3.05, 3.63) is 105 Å². The van der Waals surface area contributed by atoms with Gasteiger partial charge in [0.1, 0.15) is 12.4 Å². The maximum Gasteiger partial charge on any atom is 0.239 e. The van der Waals surface area contributed by atoms with E-state index in [0.29, 0.717) is 32.6 Å². The number of rotatable bonds is 8. The molecule has 4 aromatic rings. The Bertz CT molecular complexity index is 1450.